The summed E-state index contributed by atoms with van der Waals surface area (Å²) in [6.07, 6.45) is -18.0. The average Bonchev–Trinajstić information content (AvgIpc) is 0.824. The lowest BCUT2D eigenvalue weighted by atomic mass is 9.71. The van der Waals surface area contributed by atoms with Crippen molar-refractivity contribution < 1.29 is 182 Å². The number of aliphatic hydroxyl groups excluding tert-OH is 12. The second kappa shape index (κ2) is 47.0. The van der Waals surface area contributed by atoms with Crippen LogP contribution in [0.25, 0.3) is 10.4 Å². The van der Waals surface area contributed by atoms with Crippen molar-refractivity contribution in [1.29, 1.82) is 0 Å². The molecule has 47 nitrogen and oxygen atoms in total. The molecule has 4 aliphatic carbocycles. The second-order valence-corrected chi connectivity index (χ2v) is 31.7. The number of nitrogens with two attached hydrogens (primary N) is 3. The number of carbonyl (C=O) groups excluding carboxylic acids is 5. The number of phenols is 4. The van der Waals surface area contributed by atoms with Crippen molar-refractivity contribution in [2.24, 2.45) is 27.3 Å². The second-order valence-electron chi connectivity index (χ2n) is 31.7. The number of aliphatic imine (C=N–C) groups is 1. The van der Waals surface area contributed by atoms with Gasteiger partial charge in [-0.1, -0.05) is 40.5 Å². The smallest absolute Gasteiger partial charge is 0.202 e. The number of azide groups is 1. The maximum Gasteiger partial charge on any atom is 0.202 e. The van der Waals surface area contributed by atoms with Crippen LogP contribution in [0.15, 0.2) is 52.7 Å². The topological polar surface area (TPSA) is 749 Å². The number of Topliss-reactive ketones (excluding diaryl/α,β-unsaturated/α-hetero) is 1. The van der Waals surface area contributed by atoms with Crippen LogP contribution in [0, 0.1) is 12.3 Å². The number of aromatic nitrogens is 3. The van der Waals surface area contributed by atoms with Gasteiger partial charge in [-0.15, -0.1) is 11.5 Å². The van der Waals surface area contributed by atoms with Gasteiger partial charge in [-0.05, 0) is 31.5 Å². The van der Waals surface area contributed by atoms with E-state index in [0.29, 0.717) is 51.9 Å². The van der Waals surface area contributed by atoms with Crippen LogP contribution in [-0.4, -0.2) is 383 Å². The molecule has 5 aromatic rings. The number of phenolic OH excluding ortho intramolecular Hbond substituents is 4. The Morgan fingerprint density at radius 2 is 1.02 bits per heavy atom. The number of aromatic hydroxyl groups is 4. The minimum atomic E-state index is -2.24. The summed E-state index contributed by atoms with van der Waals surface area (Å²) < 4.78 is 77.7. The molecule has 0 radical (unpaired) electrons. The maximum atomic E-state index is 14.0. The van der Waals surface area contributed by atoms with E-state index in [1.807, 2.05) is 0 Å². The molecule has 8 aliphatic rings. The predicted octanol–water partition coefficient (Wildman–Crippen LogP) is -4.76. The van der Waals surface area contributed by atoms with E-state index in [4.69, 9.17) is 106 Å². The number of hydrogen-bond donors (Lipinski definition) is 21. The van der Waals surface area contributed by atoms with E-state index in [-0.39, 0.29) is 140 Å². The monoisotopic (exact) mass is 1850 g/mol. The van der Waals surface area contributed by atoms with Gasteiger partial charge in [0.1, 0.15) is 107 Å². The zero-order valence-electron chi connectivity index (χ0n) is 71.8. The van der Waals surface area contributed by atoms with Gasteiger partial charge in [-0.3, -0.25) is 29.0 Å². The number of carbonyl (C=O) groups is 5. The molecule has 1 aromatic heterocycles. The zero-order chi connectivity index (χ0) is 95.6. The molecule has 0 spiro atoms. The molecule has 5 heterocycles. The van der Waals surface area contributed by atoms with Crippen LogP contribution < -0.4 is 26.7 Å². The zero-order valence-corrected chi connectivity index (χ0v) is 71.8. The van der Waals surface area contributed by atoms with E-state index in [9.17, 15) is 106 Å². The fourth-order valence-corrected chi connectivity index (χ4v) is 16.2. The van der Waals surface area contributed by atoms with Crippen LogP contribution >= 0.6 is 0 Å². The Kier molecular flexibility index (Phi) is 37.2. The minimum Gasteiger partial charge on any atom is -0.507 e. The Morgan fingerprint density at radius 3 is 1.47 bits per heavy atom. The number of ketones is 5. The molecule has 0 bridgehead atoms. The maximum absolute atomic E-state index is 14.0. The van der Waals surface area contributed by atoms with Gasteiger partial charge < -0.3 is 175 Å². The van der Waals surface area contributed by atoms with Crippen molar-refractivity contribution >= 4 is 34.6 Å². The highest BCUT2D eigenvalue weighted by molar-refractivity contribution is 6.32. The fraction of sp³-hybridized carbons (Fsp3) is 0.595. The molecule has 131 heavy (non-hydrogen) atoms. The highest BCUT2D eigenvalue weighted by atomic mass is 16.7. The number of rotatable bonds is 34. The Labute approximate surface area is 747 Å². The Balaban J connectivity index is 0.000000225. The largest absolute Gasteiger partial charge is 0.507 e. The van der Waals surface area contributed by atoms with Crippen molar-refractivity contribution in [3.63, 3.8) is 0 Å². The molecule has 0 amide bonds. The normalized spacial score (nSPS) is 29.5. The molecule has 24 N–H and O–H groups in total. The quantitative estimate of drug-likeness (QED) is 0.00342. The third-order valence-corrected chi connectivity index (χ3v) is 23.0. The van der Waals surface area contributed by atoms with Gasteiger partial charge in [0.15, 0.2) is 42.5 Å². The van der Waals surface area contributed by atoms with Crippen molar-refractivity contribution in [1.82, 2.24) is 15.0 Å². The van der Waals surface area contributed by atoms with Crippen LogP contribution in [-0.2, 0) is 87.6 Å². The summed E-state index contributed by atoms with van der Waals surface area (Å²) in [5.74, 6) is -4.16. The number of terminal acetylenes is 1. The number of ether oxygens (including phenoxy) is 14. The van der Waals surface area contributed by atoms with Crippen molar-refractivity contribution in [3.8, 4) is 46.8 Å². The highest BCUT2D eigenvalue weighted by Crippen LogP contribution is 2.55. The first-order valence-corrected chi connectivity index (χ1v) is 41.7. The van der Waals surface area contributed by atoms with E-state index in [2.05, 4.69) is 31.3 Å². The van der Waals surface area contributed by atoms with E-state index >= 15 is 0 Å². The van der Waals surface area contributed by atoms with Crippen molar-refractivity contribution in [2.75, 3.05) is 120 Å². The summed E-state index contributed by atoms with van der Waals surface area (Å²) in [5.41, 5.74) is 18.8. The summed E-state index contributed by atoms with van der Waals surface area (Å²) in [6.45, 7) is 5.75. The molecular formula is C84H112N10O37. The number of benzene rings is 4. The first kappa shape index (κ1) is 104. The number of methoxy groups -OCH3 is 2. The van der Waals surface area contributed by atoms with Crippen molar-refractivity contribution in [3.05, 3.63) is 125 Å². The molecule has 47 heteroatoms. The molecule has 4 saturated heterocycles. The van der Waals surface area contributed by atoms with E-state index < -0.39 is 241 Å². The lowest BCUT2D eigenvalue weighted by Gasteiger charge is -2.43. The number of fused-ring (bicyclic) bond motifs is 6. The van der Waals surface area contributed by atoms with Gasteiger partial charge in [0, 0.05) is 95.4 Å². The third kappa shape index (κ3) is 23.7. The standard InChI is InChI=1S/C42H55N5O18.C27H29NO11.C9H17NO3.C6H11N3O5/c1-19-33(49)23(43)12-28(63-19)64-25-14-42(58,13-22-30(25)38(54)32-31(35(22)51)34(50)21-4-3-5-24(59-2)29(21)37(32)53)27(17-48)44-6-7-60-8-9-61-10-11-62-18-20-15-47(46-45-20)16-26-36(52)39(55)40(56)41(57)65-26;1-10-22(31)13(28)6-17(38-10)39-15-8-27(36,16(30)9-29)7-12-19(15)26(35)21-20(24(12)33)23(32)11-4-3-5-14(37-2)18(11)25(21)34;1-2-4-11-6-8-13-9-7-12-5-3-10;7-9-8-1-2-3(10)4(11)5(12)6(13)14-2/h3-5,15,19,23,25-26,28,33,36,39-41,48-49,51-52,54-58H,6-14,16-18,43H2,1-2H3;3-5,10,13,15,17,22,29,31,33,35-36H,6-9,28H2,1-2H3;1H,3-10H2;2-6,10-13H,1H2/t19-,23-,25-,26-,28-,33-,36+,39-,40-,41+,42-;10-,13-,15-,17-,22-,27-;;2-,3+,4-,5-,6+/m00.0/s1. The first-order valence-electron chi connectivity index (χ1n) is 41.7. The Morgan fingerprint density at radius 1 is 0.573 bits per heavy atom. The van der Waals surface area contributed by atoms with E-state index in [0.717, 1.165) is 0 Å². The molecule has 4 fully saturated rings. The van der Waals surface area contributed by atoms with Gasteiger partial charge in [0.05, 0.1) is 201 Å². The van der Waals surface area contributed by atoms with Crippen molar-refractivity contribution in [2.45, 2.75) is 199 Å². The van der Waals surface area contributed by atoms with Gasteiger partial charge in [-0.25, -0.2) is 4.68 Å². The molecule has 4 aromatic carbocycles. The Hall–Kier alpha value is -9.45. The molecule has 0 saturated carbocycles. The summed E-state index contributed by atoms with van der Waals surface area (Å²) >= 11 is 0. The highest BCUT2D eigenvalue weighted by Gasteiger charge is 2.54. The predicted molar refractivity (Wildman–Crippen MR) is 444 cm³/mol. The van der Waals surface area contributed by atoms with E-state index in [1.54, 1.807) is 13.8 Å². The summed E-state index contributed by atoms with van der Waals surface area (Å²) in [5, 5.41) is 198. The number of nitrogens with zero attached hydrogens (tertiary/aromatic N) is 7. The lowest BCUT2D eigenvalue weighted by molar-refractivity contribution is -0.284. The number of aliphatic hydroxyl groups is 14. The molecule has 4 aliphatic heterocycles. The van der Waals surface area contributed by atoms with E-state index in [1.165, 1.54) is 61.5 Å². The molecule has 13 rings (SSSR count). The van der Waals surface area contributed by atoms with Gasteiger partial charge in [0.25, 0.3) is 0 Å². The fourth-order valence-electron chi connectivity index (χ4n) is 16.2. The summed E-state index contributed by atoms with van der Waals surface area (Å²) in [6, 6.07) is 7.28. The summed E-state index contributed by atoms with van der Waals surface area (Å²) in [7, 11) is 2.65. The minimum absolute atomic E-state index is 0.00733. The molecule has 22 atom stereocenters. The molecular weight excluding hydrogens is 1740 g/mol. The van der Waals surface area contributed by atoms with Gasteiger partial charge in [0.2, 0.25) is 11.6 Å². The lowest BCUT2D eigenvalue weighted by Crippen LogP contribution is -2.58. The average molecular weight is 1850 g/mol. The number of hydrogen-bond acceptors (Lipinski definition) is 44. The summed E-state index contributed by atoms with van der Waals surface area (Å²) in [4.78, 5) is 74.6. The van der Waals surface area contributed by atoms with Gasteiger partial charge in [-0.2, -0.15) is 0 Å². The van der Waals surface area contributed by atoms with Crippen LogP contribution in [0.2, 0.25) is 0 Å². The Bertz CT molecular complexity index is 4890. The van der Waals surface area contributed by atoms with Crippen LogP contribution in [0.1, 0.15) is 143 Å². The van der Waals surface area contributed by atoms with Crippen LogP contribution in [0.5, 0.6) is 34.5 Å². The van der Waals surface area contributed by atoms with Crippen LogP contribution in [0.3, 0.4) is 0 Å². The third-order valence-electron chi connectivity index (χ3n) is 23.0. The SMILES string of the molecule is C#CCOCCOCCOCCN.COc1cccc2c1C(=O)c1c(O)c3c(c(O)c1C2=O)C[C@@](O)(C(=O)CO)C[C@@H]3O[C@H]1C[C@H](N)[C@@H](O)[C@H](C)O1.COc1cccc2c1C(=O)c1c(O)c3c(c(O)c1C2=O)C[C@@](O)(C(CO)=NCCOCCOCCOCc1cn(C[C@@H]2O[C@@H](O)[C@@H](O)[C@@H](O)[C@@H]2O)nn1)C[C@@H]3O[C@H]1C[C@H](N)[C@@H](O)[C@H](C)O1.[N-]=[N+]=NC[C@@H]1O[C@@H](O)[C@@H](O)[C@@H](O)[C@@H]1O. The molecule has 720 valence electrons. The molecule has 0 unspecified atom stereocenters. The first-order chi connectivity index (χ1) is 62.5. The van der Waals surface area contributed by atoms with Gasteiger partial charge >= 0.3 is 0 Å². The van der Waals surface area contributed by atoms with Crippen LogP contribution in [0.4, 0.5) is 0 Å².